The highest BCUT2D eigenvalue weighted by Gasteiger charge is 2.25. The Morgan fingerprint density at radius 2 is 1.91 bits per heavy atom. The number of carbonyl (C=O) groups is 2. The van der Waals surface area contributed by atoms with Crippen LogP contribution in [0.1, 0.15) is 12.5 Å². The van der Waals surface area contributed by atoms with Gasteiger partial charge in [-0.3, -0.25) is 29.8 Å². The summed E-state index contributed by atoms with van der Waals surface area (Å²) in [5.74, 6) is -0.714. The molecule has 33 heavy (non-hydrogen) atoms. The molecule has 3 rings (SSSR count). The molecule has 14 heteroatoms. The zero-order valence-corrected chi connectivity index (χ0v) is 19.8. The third-order valence-electron chi connectivity index (χ3n) is 4.02. The van der Waals surface area contributed by atoms with Gasteiger partial charge in [0.2, 0.25) is 11.7 Å². The predicted octanol–water partition coefficient (Wildman–Crippen LogP) is 4.01. The number of rotatable bonds is 6. The van der Waals surface area contributed by atoms with Crippen molar-refractivity contribution >= 4 is 68.8 Å². The Balaban J connectivity index is 1.94. The number of nitrogens with zero attached hydrogens (tertiary/aromatic N) is 3. The van der Waals surface area contributed by atoms with E-state index in [4.69, 9.17) is 9.47 Å². The van der Waals surface area contributed by atoms with Crippen molar-refractivity contribution in [2.24, 2.45) is 4.99 Å². The van der Waals surface area contributed by atoms with Crippen LogP contribution in [0.15, 0.2) is 40.2 Å². The number of methoxy groups -OCH3 is 1. The number of amidine groups is 1. The maximum atomic E-state index is 12.1. The van der Waals surface area contributed by atoms with Crippen LogP contribution in [0.5, 0.6) is 17.2 Å². The quantitative estimate of drug-likeness (QED) is 0.229. The summed E-state index contributed by atoms with van der Waals surface area (Å²) in [6.07, 6.45) is 1.55. The molecule has 0 fully saturated rings. The fourth-order valence-corrected chi connectivity index (χ4v) is 4.24. The molecule has 0 spiro atoms. The van der Waals surface area contributed by atoms with Gasteiger partial charge in [-0.05, 0) is 64.2 Å². The summed E-state index contributed by atoms with van der Waals surface area (Å²) in [5, 5.41) is 24.9. The van der Waals surface area contributed by atoms with Crippen LogP contribution in [0, 0.1) is 23.8 Å². The van der Waals surface area contributed by atoms with Gasteiger partial charge in [-0.2, -0.15) is 4.99 Å². The number of nitro groups is 2. The van der Waals surface area contributed by atoms with Crippen LogP contribution in [0.25, 0.3) is 6.08 Å². The van der Waals surface area contributed by atoms with Crippen molar-refractivity contribution in [1.29, 1.82) is 0 Å². The number of carbonyl (C=O) groups excluding carboxylic acids is 2. The topological polar surface area (TPSA) is 163 Å². The highest BCUT2D eigenvalue weighted by atomic mass is 127. The van der Waals surface area contributed by atoms with Crippen molar-refractivity contribution in [2.45, 2.75) is 6.92 Å². The minimum absolute atomic E-state index is 0.151. The molecule has 0 bridgehead atoms. The molecule has 0 saturated heterocycles. The standard InChI is InChI=1S/C19H13IN4O8S/c1-9(25)21-19-22-18(26)16(33-19)7-10-5-12(20)17(15(6-10)31-2)32-14-4-3-11(23(27)28)8-13(14)24(29)30/h3-8H,1-2H3,(H,21,22,25,26)/b16-7-. The van der Waals surface area contributed by atoms with Crippen LogP contribution >= 0.6 is 34.4 Å². The van der Waals surface area contributed by atoms with Crippen LogP contribution in [0.4, 0.5) is 11.4 Å². The van der Waals surface area contributed by atoms with Crippen LogP contribution in [-0.2, 0) is 9.59 Å². The molecule has 2 aromatic carbocycles. The number of thioether (sulfide) groups is 1. The van der Waals surface area contributed by atoms with E-state index in [1.54, 1.807) is 18.2 Å². The number of hydrogen-bond acceptors (Lipinski definition) is 9. The molecular formula is C19H13IN4O8S. The van der Waals surface area contributed by atoms with Gasteiger partial charge in [-0.1, -0.05) is 0 Å². The van der Waals surface area contributed by atoms with Gasteiger partial charge in [-0.25, -0.2) is 0 Å². The number of benzene rings is 2. The molecule has 12 nitrogen and oxygen atoms in total. The maximum Gasteiger partial charge on any atom is 0.318 e. The Kier molecular flexibility index (Phi) is 7.27. The molecule has 0 atom stereocenters. The Bertz CT molecular complexity index is 1260. The number of amides is 2. The van der Waals surface area contributed by atoms with Crippen LogP contribution in [0.3, 0.4) is 0 Å². The molecule has 1 heterocycles. The summed E-state index contributed by atoms with van der Waals surface area (Å²) in [5.41, 5.74) is -0.474. The molecule has 0 unspecified atom stereocenters. The summed E-state index contributed by atoms with van der Waals surface area (Å²) in [4.78, 5) is 48.1. The highest BCUT2D eigenvalue weighted by molar-refractivity contribution is 14.1. The number of nitro benzene ring substituents is 2. The highest BCUT2D eigenvalue weighted by Crippen LogP contribution is 2.42. The minimum Gasteiger partial charge on any atom is -0.493 e. The Hall–Kier alpha value is -3.53. The van der Waals surface area contributed by atoms with Gasteiger partial charge < -0.3 is 14.8 Å². The van der Waals surface area contributed by atoms with Gasteiger partial charge in [0, 0.05) is 13.0 Å². The first-order chi connectivity index (χ1) is 15.6. The van der Waals surface area contributed by atoms with Gasteiger partial charge >= 0.3 is 5.69 Å². The van der Waals surface area contributed by atoms with Crippen LogP contribution < -0.4 is 14.8 Å². The minimum atomic E-state index is -0.782. The molecule has 1 aliphatic rings. The van der Waals surface area contributed by atoms with Crippen molar-refractivity contribution < 1.29 is 28.9 Å². The number of aliphatic imine (C=N–C) groups is 1. The molecule has 0 radical (unpaired) electrons. The fraction of sp³-hybridized carbons (Fsp3) is 0.105. The second-order valence-electron chi connectivity index (χ2n) is 6.32. The molecular weight excluding hydrogens is 571 g/mol. The van der Waals surface area contributed by atoms with Crippen LogP contribution in [-0.4, -0.2) is 33.9 Å². The zero-order valence-electron chi connectivity index (χ0n) is 16.9. The number of halogens is 1. The SMILES string of the molecule is COc1cc(/C=C2\SC(NC(C)=O)=NC2=O)cc(I)c1Oc1ccc([N+](=O)[O-])cc1[N+](=O)[O-]. The Morgan fingerprint density at radius 3 is 2.52 bits per heavy atom. The van der Waals surface area contributed by atoms with Gasteiger partial charge in [-0.15, -0.1) is 0 Å². The number of hydrogen-bond donors (Lipinski definition) is 1. The van der Waals surface area contributed by atoms with Crippen molar-refractivity contribution in [3.05, 3.63) is 64.6 Å². The van der Waals surface area contributed by atoms with Gasteiger partial charge in [0.15, 0.2) is 16.7 Å². The summed E-state index contributed by atoms with van der Waals surface area (Å²) in [6, 6.07) is 6.23. The van der Waals surface area contributed by atoms with E-state index in [1.807, 2.05) is 22.6 Å². The first kappa shape index (κ1) is 24.1. The lowest BCUT2D eigenvalue weighted by atomic mass is 10.2. The van der Waals surface area contributed by atoms with Gasteiger partial charge in [0.05, 0.1) is 31.5 Å². The normalized spacial score (nSPS) is 14.1. The lowest BCUT2D eigenvalue weighted by molar-refractivity contribution is -0.394. The predicted molar refractivity (Wildman–Crippen MR) is 127 cm³/mol. The summed E-state index contributed by atoms with van der Waals surface area (Å²) >= 11 is 2.93. The summed E-state index contributed by atoms with van der Waals surface area (Å²) < 4.78 is 11.5. The molecule has 170 valence electrons. The average molecular weight is 584 g/mol. The largest absolute Gasteiger partial charge is 0.493 e. The molecule has 0 aromatic heterocycles. The number of non-ortho nitro benzene ring substituents is 1. The Labute approximate surface area is 203 Å². The second kappa shape index (κ2) is 9.95. The van der Waals surface area contributed by atoms with E-state index >= 15 is 0 Å². The summed E-state index contributed by atoms with van der Waals surface area (Å²) in [7, 11) is 1.37. The summed E-state index contributed by atoms with van der Waals surface area (Å²) in [6.45, 7) is 1.30. The molecule has 1 N–H and O–H groups in total. The van der Waals surface area contributed by atoms with E-state index in [0.717, 1.165) is 30.0 Å². The van der Waals surface area contributed by atoms with Crippen molar-refractivity contribution in [3.63, 3.8) is 0 Å². The molecule has 2 amide bonds. The van der Waals surface area contributed by atoms with E-state index in [1.165, 1.54) is 14.0 Å². The average Bonchev–Trinajstić information content (AvgIpc) is 3.07. The number of nitrogens with one attached hydrogen (secondary N) is 1. The third kappa shape index (κ3) is 5.64. The smallest absolute Gasteiger partial charge is 0.318 e. The van der Waals surface area contributed by atoms with E-state index in [0.29, 0.717) is 9.13 Å². The first-order valence-electron chi connectivity index (χ1n) is 8.87. The molecule has 2 aromatic rings. The van der Waals surface area contributed by atoms with Gasteiger partial charge in [0.25, 0.3) is 11.6 Å². The van der Waals surface area contributed by atoms with Gasteiger partial charge in [0.1, 0.15) is 0 Å². The van der Waals surface area contributed by atoms with E-state index in [-0.39, 0.29) is 33.2 Å². The second-order valence-corrected chi connectivity index (χ2v) is 8.51. The monoisotopic (exact) mass is 584 g/mol. The maximum absolute atomic E-state index is 12.1. The van der Waals surface area contributed by atoms with Crippen molar-refractivity contribution in [2.75, 3.05) is 7.11 Å². The lowest BCUT2D eigenvalue weighted by Crippen LogP contribution is -2.23. The third-order valence-corrected chi connectivity index (χ3v) is 5.72. The van der Waals surface area contributed by atoms with Crippen molar-refractivity contribution in [1.82, 2.24) is 5.32 Å². The Morgan fingerprint density at radius 1 is 1.18 bits per heavy atom. The van der Waals surface area contributed by atoms with Crippen molar-refractivity contribution in [3.8, 4) is 17.2 Å². The first-order valence-corrected chi connectivity index (χ1v) is 10.8. The molecule has 0 saturated carbocycles. The van der Waals surface area contributed by atoms with E-state index < -0.39 is 27.1 Å². The molecule has 0 aliphatic carbocycles. The molecule has 1 aliphatic heterocycles. The lowest BCUT2D eigenvalue weighted by Gasteiger charge is -2.13. The van der Waals surface area contributed by atoms with E-state index in [2.05, 4.69) is 10.3 Å². The number of ether oxygens (including phenoxy) is 2. The van der Waals surface area contributed by atoms with Crippen LogP contribution in [0.2, 0.25) is 0 Å². The zero-order chi connectivity index (χ0) is 24.3. The van der Waals surface area contributed by atoms with E-state index in [9.17, 15) is 29.8 Å². The fourth-order valence-electron chi connectivity index (χ4n) is 2.65.